The molecule has 0 bridgehead atoms. The minimum atomic E-state index is -0.611. The van der Waals surface area contributed by atoms with Crippen LogP contribution in [-0.4, -0.2) is 66.1 Å². The SMILES string of the molecule is O=C(c1cccc(F)n1)N1CCC(N2CCOCC2)C1. The molecule has 1 atom stereocenters. The van der Waals surface area contributed by atoms with Crippen molar-refractivity contribution in [2.75, 3.05) is 39.4 Å². The van der Waals surface area contributed by atoms with Crippen LogP contribution in [0.25, 0.3) is 0 Å². The molecule has 0 aliphatic carbocycles. The van der Waals surface area contributed by atoms with Crippen molar-refractivity contribution in [1.82, 2.24) is 14.8 Å². The van der Waals surface area contributed by atoms with Crippen LogP contribution in [0.2, 0.25) is 0 Å². The van der Waals surface area contributed by atoms with Crippen molar-refractivity contribution in [2.45, 2.75) is 12.5 Å². The number of hydrogen-bond acceptors (Lipinski definition) is 4. The molecule has 0 radical (unpaired) electrons. The van der Waals surface area contributed by atoms with Crippen LogP contribution in [0.1, 0.15) is 16.9 Å². The summed E-state index contributed by atoms with van der Waals surface area (Å²) >= 11 is 0. The summed E-state index contributed by atoms with van der Waals surface area (Å²) in [4.78, 5) is 20.1. The minimum absolute atomic E-state index is 0.180. The second-order valence-electron chi connectivity index (χ2n) is 5.19. The highest BCUT2D eigenvalue weighted by Gasteiger charge is 2.31. The van der Waals surface area contributed by atoms with Crippen molar-refractivity contribution in [3.05, 3.63) is 29.8 Å². The number of hydrogen-bond donors (Lipinski definition) is 0. The number of carbonyl (C=O) groups is 1. The molecule has 1 aromatic rings. The van der Waals surface area contributed by atoms with E-state index in [9.17, 15) is 9.18 Å². The van der Waals surface area contributed by atoms with Gasteiger partial charge in [-0.2, -0.15) is 4.39 Å². The van der Waals surface area contributed by atoms with Gasteiger partial charge in [0.15, 0.2) is 0 Å². The van der Waals surface area contributed by atoms with Crippen LogP contribution >= 0.6 is 0 Å². The van der Waals surface area contributed by atoms with Crippen molar-refractivity contribution < 1.29 is 13.9 Å². The van der Waals surface area contributed by atoms with Gasteiger partial charge in [0.1, 0.15) is 5.69 Å². The Balaban J connectivity index is 1.63. The lowest BCUT2D eigenvalue weighted by molar-refractivity contribution is 0.0185. The molecule has 1 unspecified atom stereocenters. The van der Waals surface area contributed by atoms with Crippen molar-refractivity contribution in [1.29, 1.82) is 0 Å². The highest BCUT2D eigenvalue weighted by Crippen LogP contribution is 2.18. The molecule has 0 saturated carbocycles. The highest BCUT2D eigenvalue weighted by molar-refractivity contribution is 5.92. The maximum Gasteiger partial charge on any atom is 0.272 e. The zero-order valence-corrected chi connectivity index (χ0v) is 11.3. The minimum Gasteiger partial charge on any atom is -0.379 e. The summed E-state index contributed by atoms with van der Waals surface area (Å²) in [5.74, 6) is -0.792. The van der Waals surface area contributed by atoms with Crippen LogP contribution < -0.4 is 0 Å². The predicted molar refractivity (Wildman–Crippen MR) is 70.9 cm³/mol. The zero-order valence-electron chi connectivity index (χ0n) is 11.3. The second-order valence-corrected chi connectivity index (χ2v) is 5.19. The van der Waals surface area contributed by atoms with E-state index in [4.69, 9.17) is 4.74 Å². The molecule has 20 heavy (non-hydrogen) atoms. The lowest BCUT2D eigenvalue weighted by Gasteiger charge is -2.32. The molecule has 2 fully saturated rings. The Morgan fingerprint density at radius 1 is 1.30 bits per heavy atom. The first-order chi connectivity index (χ1) is 9.74. The lowest BCUT2D eigenvalue weighted by Crippen LogP contribution is -2.45. The van der Waals surface area contributed by atoms with Gasteiger partial charge >= 0.3 is 0 Å². The van der Waals surface area contributed by atoms with E-state index < -0.39 is 5.95 Å². The van der Waals surface area contributed by atoms with Gasteiger partial charge < -0.3 is 9.64 Å². The van der Waals surface area contributed by atoms with Crippen molar-refractivity contribution in [2.24, 2.45) is 0 Å². The first-order valence-corrected chi connectivity index (χ1v) is 6.97. The molecule has 3 rings (SSSR count). The molecule has 1 aromatic heterocycles. The fraction of sp³-hybridized carbons (Fsp3) is 0.571. The summed E-state index contributed by atoms with van der Waals surface area (Å²) < 4.78 is 18.4. The van der Waals surface area contributed by atoms with E-state index in [1.807, 2.05) is 0 Å². The molecule has 1 amide bonds. The number of nitrogens with zero attached hydrogens (tertiary/aromatic N) is 3. The Hall–Kier alpha value is -1.53. The third-order valence-corrected chi connectivity index (χ3v) is 3.95. The van der Waals surface area contributed by atoms with E-state index in [-0.39, 0.29) is 11.6 Å². The first-order valence-electron chi connectivity index (χ1n) is 6.97. The molecule has 6 heteroatoms. The standard InChI is InChI=1S/C14H18FN3O2/c15-13-3-1-2-12(16-13)14(19)18-5-4-11(10-18)17-6-8-20-9-7-17/h1-3,11H,4-10H2. The topological polar surface area (TPSA) is 45.7 Å². The third-order valence-electron chi connectivity index (χ3n) is 3.95. The van der Waals surface area contributed by atoms with Crippen molar-refractivity contribution in [3.8, 4) is 0 Å². The van der Waals surface area contributed by atoms with Crippen LogP contribution in [-0.2, 0) is 4.74 Å². The van der Waals surface area contributed by atoms with Crippen LogP contribution in [0.15, 0.2) is 18.2 Å². The van der Waals surface area contributed by atoms with Gasteiger partial charge in [0.05, 0.1) is 13.2 Å². The number of halogens is 1. The van der Waals surface area contributed by atoms with Gasteiger partial charge in [0.2, 0.25) is 5.95 Å². The van der Waals surface area contributed by atoms with Crippen molar-refractivity contribution in [3.63, 3.8) is 0 Å². The Labute approximate surface area is 117 Å². The monoisotopic (exact) mass is 279 g/mol. The van der Waals surface area contributed by atoms with E-state index in [1.54, 1.807) is 11.0 Å². The fourth-order valence-corrected chi connectivity index (χ4v) is 2.86. The zero-order chi connectivity index (χ0) is 13.9. The average Bonchev–Trinajstić information content (AvgIpc) is 2.97. The fourth-order valence-electron chi connectivity index (χ4n) is 2.86. The predicted octanol–water partition coefficient (Wildman–Crippen LogP) is 0.767. The maximum absolute atomic E-state index is 13.1. The van der Waals surface area contributed by atoms with Gasteiger partial charge in [0.25, 0.3) is 5.91 Å². The molecule has 5 nitrogen and oxygen atoms in total. The number of morpholine rings is 1. The first kappa shape index (κ1) is 13.5. The second kappa shape index (κ2) is 5.85. The molecule has 3 heterocycles. The molecular formula is C14H18FN3O2. The summed E-state index contributed by atoms with van der Waals surface area (Å²) in [6.07, 6.45) is 0.959. The summed E-state index contributed by atoms with van der Waals surface area (Å²) in [5.41, 5.74) is 0.188. The van der Waals surface area contributed by atoms with E-state index >= 15 is 0 Å². The summed E-state index contributed by atoms with van der Waals surface area (Å²) in [6.45, 7) is 4.76. The average molecular weight is 279 g/mol. The van der Waals surface area contributed by atoms with Gasteiger partial charge in [-0.25, -0.2) is 4.98 Å². The Morgan fingerprint density at radius 3 is 2.85 bits per heavy atom. The maximum atomic E-state index is 13.1. The molecule has 0 aromatic carbocycles. The van der Waals surface area contributed by atoms with Gasteiger partial charge in [-0.1, -0.05) is 6.07 Å². The molecule has 0 spiro atoms. The summed E-state index contributed by atoms with van der Waals surface area (Å²) in [7, 11) is 0. The van der Waals surface area contributed by atoms with Gasteiger partial charge in [-0.05, 0) is 18.6 Å². The highest BCUT2D eigenvalue weighted by atomic mass is 19.1. The number of amides is 1. The molecular weight excluding hydrogens is 261 g/mol. The van der Waals surface area contributed by atoms with Gasteiger partial charge in [-0.3, -0.25) is 9.69 Å². The molecule has 108 valence electrons. The van der Waals surface area contributed by atoms with E-state index in [0.29, 0.717) is 19.1 Å². The number of aromatic nitrogens is 1. The molecule has 2 aliphatic rings. The number of ether oxygens (including phenoxy) is 1. The van der Waals surface area contributed by atoms with Crippen LogP contribution in [0.3, 0.4) is 0 Å². The smallest absolute Gasteiger partial charge is 0.272 e. The number of pyridine rings is 1. The molecule has 2 aliphatic heterocycles. The number of carbonyl (C=O) groups excluding carboxylic acids is 1. The quantitative estimate of drug-likeness (QED) is 0.750. The van der Waals surface area contributed by atoms with Gasteiger partial charge in [-0.15, -0.1) is 0 Å². The molecule has 2 saturated heterocycles. The van der Waals surface area contributed by atoms with E-state index in [0.717, 1.165) is 32.7 Å². The lowest BCUT2D eigenvalue weighted by atomic mass is 10.2. The van der Waals surface area contributed by atoms with Crippen molar-refractivity contribution >= 4 is 5.91 Å². The van der Waals surface area contributed by atoms with E-state index in [1.165, 1.54) is 12.1 Å². The third kappa shape index (κ3) is 2.81. The summed E-state index contributed by atoms with van der Waals surface area (Å²) in [5, 5.41) is 0. The number of likely N-dealkylation sites (tertiary alicyclic amines) is 1. The van der Waals surface area contributed by atoms with E-state index in [2.05, 4.69) is 9.88 Å². The van der Waals surface area contributed by atoms with Crippen LogP contribution in [0.5, 0.6) is 0 Å². The largest absolute Gasteiger partial charge is 0.379 e. The normalized spacial score (nSPS) is 24.1. The summed E-state index contributed by atoms with van der Waals surface area (Å²) in [6, 6.07) is 4.71. The Morgan fingerprint density at radius 2 is 2.10 bits per heavy atom. The number of rotatable bonds is 2. The van der Waals surface area contributed by atoms with Crippen LogP contribution in [0.4, 0.5) is 4.39 Å². The molecule has 0 N–H and O–H groups in total. The Bertz CT molecular complexity index is 491. The van der Waals surface area contributed by atoms with Crippen LogP contribution in [0, 0.1) is 5.95 Å². The van der Waals surface area contributed by atoms with Gasteiger partial charge in [0, 0.05) is 32.2 Å². The Kier molecular flexibility index (Phi) is 3.93.